The summed E-state index contributed by atoms with van der Waals surface area (Å²) >= 11 is 3.48. The molecule has 0 aliphatic heterocycles. The molecule has 1 atom stereocenters. The van der Waals surface area contributed by atoms with Gasteiger partial charge < -0.3 is 10.6 Å². The van der Waals surface area contributed by atoms with E-state index < -0.39 is 0 Å². The lowest BCUT2D eigenvalue weighted by atomic mass is 10.1. The van der Waals surface area contributed by atoms with E-state index in [1.54, 1.807) is 0 Å². The van der Waals surface area contributed by atoms with E-state index in [9.17, 15) is 4.79 Å². The second-order valence-electron chi connectivity index (χ2n) is 5.91. The fourth-order valence-electron chi connectivity index (χ4n) is 2.84. The van der Waals surface area contributed by atoms with Gasteiger partial charge in [-0.3, -0.25) is 4.79 Å². The van der Waals surface area contributed by atoms with Crippen LogP contribution >= 0.6 is 15.9 Å². The monoisotopic (exact) mass is 352 g/mol. The van der Waals surface area contributed by atoms with Gasteiger partial charge >= 0.3 is 0 Å². The van der Waals surface area contributed by atoms with Gasteiger partial charge in [-0.15, -0.1) is 0 Å². The van der Waals surface area contributed by atoms with Crippen LogP contribution in [0.2, 0.25) is 0 Å². The highest BCUT2D eigenvalue weighted by molar-refractivity contribution is 9.10. The zero-order valence-corrected chi connectivity index (χ0v) is 14.3. The molecule has 1 fully saturated rings. The molecule has 1 aromatic rings. The summed E-state index contributed by atoms with van der Waals surface area (Å²) in [6, 6.07) is 8.73. The van der Waals surface area contributed by atoms with Gasteiger partial charge in [-0.25, -0.2) is 0 Å². The van der Waals surface area contributed by atoms with Crippen molar-refractivity contribution >= 4 is 21.8 Å². The average molecular weight is 353 g/mol. The number of carbonyl (C=O) groups is 1. The fraction of sp³-hybridized carbons (Fsp3) is 0.588. The Morgan fingerprint density at radius 1 is 1.29 bits per heavy atom. The lowest BCUT2D eigenvalue weighted by Gasteiger charge is -2.18. The van der Waals surface area contributed by atoms with Crippen LogP contribution < -0.4 is 10.6 Å². The smallest absolute Gasteiger partial charge is 0.234 e. The molecule has 2 N–H and O–H groups in total. The Hall–Kier alpha value is -0.870. The fourth-order valence-corrected chi connectivity index (χ4v) is 3.26. The molecule has 1 saturated carbocycles. The predicted octanol–water partition coefficient (Wildman–Crippen LogP) is 3.94. The van der Waals surface area contributed by atoms with E-state index in [0.29, 0.717) is 12.6 Å². The molecule has 1 amide bonds. The minimum absolute atomic E-state index is 0.115. The highest BCUT2D eigenvalue weighted by Crippen LogP contribution is 2.18. The molecule has 0 heterocycles. The number of nitrogens with one attached hydrogen (secondary N) is 2. The molecule has 0 spiro atoms. The quantitative estimate of drug-likeness (QED) is 0.788. The van der Waals surface area contributed by atoms with E-state index in [0.717, 1.165) is 17.3 Å². The second-order valence-corrected chi connectivity index (χ2v) is 6.83. The van der Waals surface area contributed by atoms with Crippen LogP contribution in [0.15, 0.2) is 28.7 Å². The third-order valence-corrected chi connectivity index (χ3v) is 4.63. The predicted molar refractivity (Wildman–Crippen MR) is 90.2 cm³/mol. The minimum atomic E-state index is 0.115. The van der Waals surface area contributed by atoms with Crippen molar-refractivity contribution in [3.63, 3.8) is 0 Å². The van der Waals surface area contributed by atoms with Crippen molar-refractivity contribution in [2.45, 2.75) is 57.5 Å². The minimum Gasteiger partial charge on any atom is -0.352 e. The van der Waals surface area contributed by atoms with Gasteiger partial charge in [0.2, 0.25) is 5.91 Å². The van der Waals surface area contributed by atoms with Crippen molar-refractivity contribution in [3.05, 3.63) is 34.3 Å². The van der Waals surface area contributed by atoms with Crippen molar-refractivity contribution in [2.24, 2.45) is 0 Å². The van der Waals surface area contributed by atoms with Crippen LogP contribution in [0.4, 0.5) is 0 Å². The number of rotatable bonds is 5. The molecular formula is C17H25BrN2O. The van der Waals surface area contributed by atoms with E-state index in [1.165, 1.54) is 31.2 Å². The van der Waals surface area contributed by atoms with Crippen LogP contribution in [0.1, 0.15) is 57.1 Å². The van der Waals surface area contributed by atoms with E-state index in [4.69, 9.17) is 0 Å². The highest BCUT2D eigenvalue weighted by Gasteiger charge is 2.15. The van der Waals surface area contributed by atoms with Crippen LogP contribution in [0.25, 0.3) is 0 Å². The number of carbonyl (C=O) groups excluding carboxylic acids is 1. The summed E-state index contributed by atoms with van der Waals surface area (Å²) < 4.78 is 1.07. The maximum Gasteiger partial charge on any atom is 0.234 e. The summed E-state index contributed by atoms with van der Waals surface area (Å²) in [7, 11) is 0. The standard InChI is InChI=1S/C17H25BrN2O/c1-13(14-7-6-8-15(18)11-14)19-12-17(21)20-16-9-4-2-3-5-10-16/h6-8,11,13,16,19H,2-5,9-10,12H2,1H3,(H,20,21). The van der Waals surface area contributed by atoms with Crippen LogP contribution in [0.5, 0.6) is 0 Å². The molecule has 4 heteroatoms. The topological polar surface area (TPSA) is 41.1 Å². The van der Waals surface area contributed by atoms with Gasteiger partial charge in [-0.2, -0.15) is 0 Å². The Balaban J connectivity index is 1.75. The third-order valence-electron chi connectivity index (χ3n) is 4.14. The lowest BCUT2D eigenvalue weighted by Crippen LogP contribution is -2.40. The average Bonchev–Trinajstić information content (AvgIpc) is 2.73. The van der Waals surface area contributed by atoms with E-state index in [1.807, 2.05) is 12.1 Å². The summed E-state index contributed by atoms with van der Waals surface area (Å²) in [5, 5.41) is 6.46. The molecule has 1 aliphatic carbocycles. The Bertz CT molecular complexity index is 456. The van der Waals surface area contributed by atoms with Gasteiger partial charge in [0, 0.05) is 16.6 Å². The number of benzene rings is 1. The largest absolute Gasteiger partial charge is 0.352 e. The van der Waals surface area contributed by atoms with Crippen LogP contribution in [-0.4, -0.2) is 18.5 Å². The van der Waals surface area contributed by atoms with Gasteiger partial charge in [-0.05, 0) is 37.5 Å². The number of hydrogen-bond acceptors (Lipinski definition) is 2. The van der Waals surface area contributed by atoms with Gasteiger partial charge in [0.1, 0.15) is 0 Å². The molecule has 1 aliphatic rings. The number of hydrogen-bond donors (Lipinski definition) is 2. The first kappa shape index (κ1) is 16.5. The highest BCUT2D eigenvalue weighted by atomic mass is 79.9. The van der Waals surface area contributed by atoms with Crippen molar-refractivity contribution in [3.8, 4) is 0 Å². The molecule has 3 nitrogen and oxygen atoms in total. The van der Waals surface area contributed by atoms with Crippen molar-refractivity contribution in [2.75, 3.05) is 6.54 Å². The van der Waals surface area contributed by atoms with E-state index in [-0.39, 0.29) is 11.9 Å². The summed E-state index contributed by atoms with van der Waals surface area (Å²) in [5.74, 6) is 0.115. The molecule has 116 valence electrons. The van der Waals surface area contributed by atoms with Gasteiger partial charge in [-0.1, -0.05) is 53.7 Å². The van der Waals surface area contributed by atoms with Crippen molar-refractivity contribution < 1.29 is 4.79 Å². The zero-order valence-electron chi connectivity index (χ0n) is 12.7. The first-order chi connectivity index (χ1) is 10.1. The molecule has 0 aromatic heterocycles. The Labute approximate surface area is 136 Å². The van der Waals surface area contributed by atoms with E-state index >= 15 is 0 Å². The third kappa shape index (κ3) is 5.79. The first-order valence-electron chi connectivity index (χ1n) is 7.93. The number of amides is 1. The lowest BCUT2D eigenvalue weighted by molar-refractivity contribution is -0.121. The van der Waals surface area contributed by atoms with Crippen LogP contribution in [0.3, 0.4) is 0 Å². The van der Waals surface area contributed by atoms with Crippen molar-refractivity contribution in [1.29, 1.82) is 0 Å². The molecular weight excluding hydrogens is 328 g/mol. The summed E-state index contributed by atoms with van der Waals surface area (Å²) in [6.07, 6.45) is 7.37. The molecule has 21 heavy (non-hydrogen) atoms. The molecule has 0 radical (unpaired) electrons. The molecule has 0 saturated heterocycles. The molecule has 1 unspecified atom stereocenters. The van der Waals surface area contributed by atoms with Crippen molar-refractivity contribution in [1.82, 2.24) is 10.6 Å². The molecule has 1 aromatic carbocycles. The first-order valence-corrected chi connectivity index (χ1v) is 8.72. The summed E-state index contributed by atoms with van der Waals surface area (Å²) in [6.45, 7) is 2.46. The maximum atomic E-state index is 12.0. The number of halogens is 1. The Morgan fingerprint density at radius 2 is 2.00 bits per heavy atom. The summed E-state index contributed by atoms with van der Waals surface area (Å²) in [4.78, 5) is 12.0. The van der Waals surface area contributed by atoms with Crippen LogP contribution in [-0.2, 0) is 4.79 Å². The maximum absolute atomic E-state index is 12.0. The Morgan fingerprint density at radius 3 is 2.67 bits per heavy atom. The second kappa shape index (κ2) is 8.54. The molecule has 2 rings (SSSR count). The summed E-state index contributed by atoms with van der Waals surface area (Å²) in [5.41, 5.74) is 1.19. The normalized spacial score (nSPS) is 18.0. The van der Waals surface area contributed by atoms with Gasteiger partial charge in [0.05, 0.1) is 6.54 Å². The van der Waals surface area contributed by atoms with Gasteiger partial charge in [0.25, 0.3) is 0 Å². The Kier molecular flexibility index (Phi) is 6.71. The van der Waals surface area contributed by atoms with E-state index in [2.05, 4.69) is 45.6 Å². The zero-order chi connectivity index (χ0) is 15.1. The molecule has 0 bridgehead atoms. The van der Waals surface area contributed by atoms with Crippen LogP contribution in [0, 0.1) is 0 Å². The van der Waals surface area contributed by atoms with Gasteiger partial charge in [0.15, 0.2) is 0 Å². The SMILES string of the molecule is CC(NCC(=O)NC1CCCCCC1)c1cccc(Br)c1.